The van der Waals surface area contributed by atoms with E-state index in [2.05, 4.69) is 10.6 Å². The average molecular weight is 194 g/mol. The molecule has 2 aliphatic carbocycles. The first kappa shape index (κ1) is 8.72. The molecule has 1 heterocycles. The van der Waals surface area contributed by atoms with Crippen molar-refractivity contribution in [2.45, 2.75) is 44.2 Å². The number of carbonyl (C=O) groups is 1. The van der Waals surface area contributed by atoms with Crippen molar-refractivity contribution in [2.24, 2.45) is 11.8 Å². The predicted molar refractivity (Wildman–Crippen MR) is 53.8 cm³/mol. The molecule has 1 saturated heterocycles. The van der Waals surface area contributed by atoms with Crippen molar-refractivity contribution in [1.29, 1.82) is 0 Å². The summed E-state index contributed by atoms with van der Waals surface area (Å²) in [6.07, 6.45) is 6.31. The van der Waals surface area contributed by atoms with Gasteiger partial charge in [-0.05, 0) is 37.5 Å². The van der Waals surface area contributed by atoms with Crippen LogP contribution in [0.4, 0.5) is 0 Å². The Kier molecular flexibility index (Phi) is 2.01. The molecule has 0 spiro atoms. The normalized spacial score (nSPS) is 32.4. The van der Waals surface area contributed by atoms with E-state index in [1.807, 2.05) is 0 Å². The summed E-state index contributed by atoms with van der Waals surface area (Å²) in [5.41, 5.74) is 0. The van der Waals surface area contributed by atoms with Crippen LogP contribution in [0.5, 0.6) is 0 Å². The molecular weight excluding hydrogens is 176 g/mol. The Morgan fingerprint density at radius 1 is 1.21 bits per heavy atom. The third-order valence-electron chi connectivity index (χ3n) is 3.67. The van der Waals surface area contributed by atoms with Crippen molar-refractivity contribution in [3.63, 3.8) is 0 Å². The van der Waals surface area contributed by atoms with Gasteiger partial charge in [-0.3, -0.25) is 4.79 Å². The lowest BCUT2D eigenvalue weighted by Crippen LogP contribution is -2.42. The highest BCUT2D eigenvalue weighted by molar-refractivity contribution is 5.78. The van der Waals surface area contributed by atoms with Gasteiger partial charge in [0.2, 0.25) is 5.91 Å². The smallest absolute Gasteiger partial charge is 0.221 e. The molecule has 2 saturated carbocycles. The summed E-state index contributed by atoms with van der Waals surface area (Å²) in [5, 5.41) is 6.58. The van der Waals surface area contributed by atoms with Crippen LogP contribution in [0.3, 0.4) is 0 Å². The Morgan fingerprint density at radius 2 is 1.86 bits per heavy atom. The van der Waals surface area contributed by atoms with E-state index in [1.54, 1.807) is 0 Å². The lowest BCUT2D eigenvalue weighted by atomic mass is 10.1. The summed E-state index contributed by atoms with van der Waals surface area (Å²) in [6.45, 7) is 0.842. The standard InChI is InChI=1S/C11H18N2O/c14-10-5-9(6-12-10)13-11(7-1-2-7)8-3-4-8/h7-9,11,13H,1-6H2,(H,12,14). The topological polar surface area (TPSA) is 41.1 Å². The molecule has 1 unspecified atom stereocenters. The van der Waals surface area contributed by atoms with Gasteiger partial charge in [0.1, 0.15) is 0 Å². The molecular formula is C11H18N2O. The maximum Gasteiger partial charge on any atom is 0.221 e. The number of rotatable bonds is 4. The second kappa shape index (κ2) is 3.23. The Bertz CT molecular complexity index is 234. The Morgan fingerprint density at radius 3 is 2.29 bits per heavy atom. The highest BCUT2D eigenvalue weighted by atomic mass is 16.1. The zero-order valence-corrected chi connectivity index (χ0v) is 8.46. The van der Waals surface area contributed by atoms with Crippen molar-refractivity contribution in [3.8, 4) is 0 Å². The minimum atomic E-state index is 0.216. The number of amides is 1. The molecule has 1 amide bonds. The predicted octanol–water partition coefficient (Wildman–Crippen LogP) is 0.653. The van der Waals surface area contributed by atoms with Gasteiger partial charge in [-0.15, -0.1) is 0 Å². The molecule has 1 aliphatic heterocycles. The summed E-state index contributed by atoms with van der Waals surface area (Å²) < 4.78 is 0. The van der Waals surface area contributed by atoms with Gasteiger partial charge in [-0.1, -0.05) is 0 Å². The summed E-state index contributed by atoms with van der Waals surface area (Å²) in [5.74, 6) is 2.07. The second-order valence-electron chi connectivity index (χ2n) is 5.07. The second-order valence-corrected chi connectivity index (χ2v) is 5.07. The minimum absolute atomic E-state index is 0.216. The van der Waals surface area contributed by atoms with Crippen molar-refractivity contribution < 1.29 is 4.79 Å². The molecule has 1 atom stereocenters. The number of carbonyl (C=O) groups excluding carboxylic acids is 1. The maximum absolute atomic E-state index is 11.1. The summed E-state index contributed by atoms with van der Waals surface area (Å²) in [6, 6.07) is 1.14. The molecule has 0 aromatic heterocycles. The molecule has 3 nitrogen and oxygen atoms in total. The Hall–Kier alpha value is -0.570. The third kappa shape index (κ3) is 1.78. The van der Waals surface area contributed by atoms with Crippen molar-refractivity contribution in [2.75, 3.05) is 6.54 Å². The minimum Gasteiger partial charge on any atom is -0.354 e. The van der Waals surface area contributed by atoms with Crippen LogP contribution in [0.2, 0.25) is 0 Å². The molecule has 0 bridgehead atoms. The van der Waals surface area contributed by atoms with Crippen LogP contribution < -0.4 is 10.6 Å². The van der Waals surface area contributed by atoms with Gasteiger partial charge in [0.25, 0.3) is 0 Å². The van der Waals surface area contributed by atoms with Gasteiger partial charge >= 0.3 is 0 Å². The van der Waals surface area contributed by atoms with E-state index in [4.69, 9.17) is 0 Å². The van der Waals surface area contributed by atoms with Crippen molar-refractivity contribution in [3.05, 3.63) is 0 Å². The van der Waals surface area contributed by atoms with E-state index in [9.17, 15) is 4.79 Å². The third-order valence-corrected chi connectivity index (χ3v) is 3.67. The van der Waals surface area contributed by atoms with Crippen molar-refractivity contribution in [1.82, 2.24) is 10.6 Å². The monoisotopic (exact) mass is 194 g/mol. The van der Waals surface area contributed by atoms with Gasteiger partial charge in [0.05, 0.1) is 0 Å². The molecule has 78 valence electrons. The molecule has 0 aromatic carbocycles. The lowest BCUT2D eigenvalue weighted by molar-refractivity contribution is -0.119. The van der Waals surface area contributed by atoms with Gasteiger partial charge in [-0.2, -0.15) is 0 Å². The average Bonchev–Trinajstić information content (AvgIpc) is 3.04. The fraction of sp³-hybridized carbons (Fsp3) is 0.909. The SMILES string of the molecule is O=C1CC(NC(C2CC2)C2CC2)CN1. The molecule has 2 N–H and O–H groups in total. The van der Waals surface area contributed by atoms with Gasteiger partial charge in [0.15, 0.2) is 0 Å². The van der Waals surface area contributed by atoms with Crippen LogP contribution in [0.1, 0.15) is 32.1 Å². The molecule has 3 heteroatoms. The van der Waals surface area contributed by atoms with E-state index in [1.165, 1.54) is 25.7 Å². The Balaban J connectivity index is 1.55. The zero-order valence-electron chi connectivity index (χ0n) is 8.46. The van der Waals surface area contributed by atoms with Crippen LogP contribution in [-0.2, 0) is 4.79 Å². The van der Waals surface area contributed by atoms with Gasteiger partial charge in [-0.25, -0.2) is 0 Å². The highest BCUT2D eigenvalue weighted by Gasteiger charge is 2.42. The number of hydrogen-bond donors (Lipinski definition) is 2. The molecule has 14 heavy (non-hydrogen) atoms. The number of nitrogens with one attached hydrogen (secondary N) is 2. The molecule has 3 fully saturated rings. The zero-order chi connectivity index (χ0) is 9.54. The van der Waals surface area contributed by atoms with Crippen LogP contribution in [0.15, 0.2) is 0 Å². The first-order valence-corrected chi connectivity index (χ1v) is 5.85. The molecule has 0 aromatic rings. The molecule has 3 aliphatic rings. The van der Waals surface area contributed by atoms with Gasteiger partial charge in [0, 0.05) is 25.0 Å². The first-order chi connectivity index (χ1) is 6.83. The van der Waals surface area contributed by atoms with E-state index >= 15 is 0 Å². The summed E-state index contributed by atoms with van der Waals surface area (Å²) in [7, 11) is 0. The van der Waals surface area contributed by atoms with Crippen molar-refractivity contribution >= 4 is 5.91 Å². The van der Waals surface area contributed by atoms with Gasteiger partial charge < -0.3 is 10.6 Å². The highest BCUT2D eigenvalue weighted by Crippen LogP contribution is 2.44. The fourth-order valence-electron chi connectivity index (χ4n) is 2.56. The van der Waals surface area contributed by atoms with E-state index in [0.29, 0.717) is 12.5 Å². The van der Waals surface area contributed by atoms with Crippen LogP contribution in [0.25, 0.3) is 0 Å². The van der Waals surface area contributed by atoms with E-state index in [0.717, 1.165) is 24.4 Å². The maximum atomic E-state index is 11.1. The van der Waals surface area contributed by atoms with E-state index < -0.39 is 0 Å². The summed E-state index contributed by atoms with van der Waals surface area (Å²) in [4.78, 5) is 11.1. The van der Waals surface area contributed by atoms with Crippen LogP contribution >= 0.6 is 0 Å². The molecule has 3 rings (SSSR count). The first-order valence-electron chi connectivity index (χ1n) is 5.85. The fourth-order valence-corrected chi connectivity index (χ4v) is 2.56. The lowest BCUT2D eigenvalue weighted by Gasteiger charge is -2.21. The Labute approximate surface area is 84.6 Å². The van der Waals surface area contributed by atoms with Crippen LogP contribution in [0, 0.1) is 11.8 Å². The number of hydrogen-bond acceptors (Lipinski definition) is 2. The van der Waals surface area contributed by atoms with Crippen LogP contribution in [-0.4, -0.2) is 24.5 Å². The summed E-state index contributed by atoms with van der Waals surface area (Å²) >= 11 is 0. The quantitative estimate of drug-likeness (QED) is 0.690. The van der Waals surface area contributed by atoms with E-state index in [-0.39, 0.29) is 5.91 Å². The largest absolute Gasteiger partial charge is 0.354 e. The molecule has 0 radical (unpaired) electrons.